The second-order valence-electron chi connectivity index (χ2n) is 9.76. The van der Waals surface area contributed by atoms with Gasteiger partial charge in [-0.2, -0.15) is 5.10 Å². The normalized spacial score (nSPS) is 21.4. The quantitative estimate of drug-likeness (QED) is 0.584. The Kier molecular flexibility index (Phi) is 6.04. The molecule has 0 spiro atoms. The highest BCUT2D eigenvalue weighted by Gasteiger charge is 2.37. The van der Waals surface area contributed by atoms with Crippen LogP contribution in [0.5, 0.6) is 0 Å². The first-order valence-electron chi connectivity index (χ1n) is 12.2. The third kappa shape index (κ3) is 4.16. The number of ether oxygens (including phenoxy) is 1. The summed E-state index contributed by atoms with van der Waals surface area (Å²) in [5.74, 6) is 0.575. The Morgan fingerprint density at radius 2 is 1.97 bits per heavy atom. The molecular formula is C26H35N7O. The lowest BCUT2D eigenvalue weighted by Gasteiger charge is -2.44. The summed E-state index contributed by atoms with van der Waals surface area (Å²) in [4.78, 5) is 14.5. The SMILES string of the molecule is C=C(CC)n1ncc(Nc2ncc3cc(C)c(N4CCN(C5(C)CCOC5)CC4)cc3n2)c1C. The summed E-state index contributed by atoms with van der Waals surface area (Å²) in [6, 6.07) is 4.41. The fourth-order valence-corrected chi connectivity index (χ4v) is 5.10. The Hall–Kier alpha value is -2.97. The van der Waals surface area contributed by atoms with Crippen molar-refractivity contribution in [1.82, 2.24) is 24.6 Å². The van der Waals surface area contributed by atoms with Gasteiger partial charge in [-0.05, 0) is 51.3 Å². The molecule has 2 saturated heterocycles. The minimum atomic E-state index is 0.188. The first-order valence-corrected chi connectivity index (χ1v) is 12.2. The van der Waals surface area contributed by atoms with Crippen molar-refractivity contribution < 1.29 is 4.74 Å². The zero-order valence-electron chi connectivity index (χ0n) is 20.8. The van der Waals surface area contributed by atoms with Crippen LogP contribution in [0, 0.1) is 13.8 Å². The number of piperazine rings is 1. The van der Waals surface area contributed by atoms with E-state index in [9.17, 15) is 0 Å². The minimum absolute atomic E-state index is 0.188. The first kappa shape index (κ1) is 22.8. The summed E-state index contributed by atoms with van der Waals surface area (Å²) >= 11 is 0. The number of hydrogen-bond acceptors (Lipinski definition) is 7. The van der Waals surface area contributed by atoms with E-state index < -0.39 is 0 Å². The molecule has 3 aromatic rings. The van der Waals surface area contributed by atoms with E-state index in [2.05, 4.69) is 64.7 Å². The van der Waals surface area contributed by atoms with Crippen molar-refractivity contribution >= 4 is 33.9 Å². The maximum Gasteiger partial charge on any atom is 0.227 e. The molecule has 0 saturated carbocycles. The van der Waals surface area contributed by atoms with Gasteiger partial charge in [0, 0.05) is 61.3 Å². The van der Waals surface area contributed by atoms with Gasteiger partial charge in [0.25, 0.3) is 0 Å². The number of benzene rings is 1. The number of nitrogens with zero attached hydrogens (tertiary/aromatic N) is 6. The molecule has 8 heteroatoms. The topological polar surface area (TPSA) is 71.3 Å². The third-order valence-electron chi connectivity index (χ3n) is 7.44. The number of nitrogens with one attached hydrogen (secondary N) is 1. The van der Waals surface area contributed by atoms with E-state index in [0.717, 1.165) is 80.2 Å². The van der Waals surface area contributed by atoms with Crippen molar-refractivity contribution in [2.24, 2.45) is 0 Å². The van der Waals surface area contributed by atoms with Crippen molar-refractivity contribution in [2.75, 3.05) is 49.6 Å². The number of hydrogen-bond donors (Lipinski definition) is 1. The van der Waals surface area contributed by atoms with Gasteiger partial charge in [-0.25, -0.2) is 14.6 Å². The van der Waals surface area contributed by atoms with Crippen LogP contribution < -0.4 is 10.2 Å². The standard InChI is InChI=1S/C26H35N7O/c1-6-19(3)33-20(4)23(16-28-33)30-25-27-15-21-13-18(2)24(14-22(21)29-25)31-8-10-32(11-9-31)26(5)7-12-34-17-26/h13-16H,3,6-12,17H2,1-2,4-5H3,(H,27,29,30). The van der Waals surface area contributed by atoms with E-state index in [0.29, 0.717) is 5.95 Å². The van der Waals surface area contributed by atoms with Gasteiger partial charge in [0.2, 0.25) is 5.95 Å². The number of aryl methyl sites for hydroxylation is 1. The molecule has 2 fully saturated rings. The van der Waals surface area contributed by atoms with E-state index in [-0.39, 0.29) is 5.54 Å². The van der Waals surface area contributed by atoms with Crippen molar-refractivity contribution in [3.8, 4) is 0 Å². The lowest BCUT2D eigenvalue weighted by atomic mass is 9.98. The van der Waals surface area contributed by atoms with Crippen LogP contribution in [0.15, 0.2) is 31.1 Å². The average Bonchev–Trinajstić information content (AvgIpc) is 3.45. The molecule has 2 aliphatic rings. The Balaban J connectivity index is 1.35. The minimum Gasteiger partial charge on any atom is -0.379 e. The Labute approximate surface area is 201 Å². The van der Waals surface area contributed by atoms with Gasteiger partial charge >= 0.3 is 0 Å². The molecule has 8 nitrogen and oxygen atoms in total. The summed E-state index contributed by atoms with van der Waals surface area (Å²) in [6.45, 7) is 18.6. The summed E-state index contributed by atoms with van der Waals surface area (Å²) in [7, 11) is 0. The largest absolute Gasteiger partial charge is 0.379 e. The van der Waals surface area contributed by atoms with Crippen molar-refractivity contribution in [3.63, 3.8) is 0 Å². The van der Waals surface area contributed by atoms with E-state index in [1.54, 1.807) is 6.20 Å². The van der Waals surface area contributed by atoms with E-state index in [1.165, 1.54) is 11.3 Å². The Morgan fingerprint density at radius 1 is 1.18 bits per heavy atom. The van der Waals surface area contributed by atoms with Gasteiger partial charge in [0.05, 0.1) is 29.7 Å². The molecule has 0 amide bonds. The first-order chi connectivity index (χ1) is 16.4. The summed E-state index contributed by atoms with van der Waals surface area (Å²) in [5, 5.41) is 8.84. The molecule has 34 heavy (non-hydrogen) atoms. The maximum absolute atomic E-state index is 5.69. The van der Waals surface area contributed by atoms with Crippen LogP contribution in [0.1, 0.15) is 37.9 Å². The molecule has 4 heterocycles. The molecule has 1 N–H and O–H groups in total. The Bertz CT molecular complexity index is 1200. The van der Waals surface area contributed by atoms with Crippen LogP contribution in [0.4, 0.5) is 17.3 Å². The monoisotopic (exact) mass is 461 g/mol. The highest BCUT2D eigenvalue weighted by molar-refractivity contribution is 5.84. The lowest BCUT2D eigenvalue weighted by molar-refractivity contribution is 0.0745. The molecule has 0 aliphatic carbocycles. The molecule has 2 aliphatic heterocycles. The van der Waals surface area contributed by atoms with Crippen LogP contribution in [0.2, 0.25) is 0 Å². The van der Waals surface area contributed by atoms with Crippen LogP contribution in [-0.4, -0.2) is 69.6 Å². The van der Waals surface area contributed by atoms with Gasteiger partial charge in [-0.3, -0.25) is 4.90 Å². The smallest absolute Gasteiger partial charge is 0.227 e. The molecule has 0 bridgehead atoms. The number of allylic oxidation sites excluding steroid dienone is 1. The fraction of sp³-hybridized carbons (Fsp3) is 0.500. The molecular weight excluding hydrogens is 426 g/mol. The number of aromatic nitrogens is 4. The molecule has 1 atom stereocenters. The predicted octanol–water partition coefficient (Wildman–Crippen LogP) is 4.37. The van der Waals surface area contributed by atoms with Crippen LogP contribution in [0.3, 0.4) is 0 Å². The number of rotatable bonds is 6. The zero-order chi connectivity index (χ0) is 23.9. The van der Waals surface area contributed by atoms with Crippen LogP contribution in [-0.2, 0) is 4.74 Å². The molecule has 1 unspecified atom stereocenters. The lowest BCUT2D eigenvalue weighted by Crippen LogP contribution is -2.56. The summed E-state index contributed by atoms with van der Waals surface area (Å²) in [6.07, 6.45) is 5.67. The summed E-state index contributed by atoms with van der Waals surface area (Å²) in [5.41, 5.74) is 6.50. The molecule has 5 rings (SSSR count). The molecule has 1 aromatic carbocycles. The molecule has 2 aromatic heterocycles. The van der Waals surface area contributed by atoms with Gasteiger partial charge in [-0.15, -0.1) is 0 Å². The van der Waals surface area contributed by atoms with Crippen LogP contribution in [0.25, 0.3) is 16.6 Å². The van der Waals surface area contributed by atoms with E-state index in [1.807, 2.05) is 17.8 Å². The van der Waals surface area contributed by atoms with Gasteiger partial charge in [0.1, 0.15) is 0 Å². The maximum atomic E-state index is 5.69. The molecule has 180 valence electrons. The van der Waals surface area contributed by atoms with Crippen molar-refractivity contribution in [2.45, 2.75) is 46.1 Å². The zero-order valence-corrected chi connectivity index (χ0v) is 20.8. The predicted molar refractivity (Wildman–Crippen MR) is 138 cm³/mol. The summed E-state index contributed by atoms with van der Waals surface area (Å²) < 4.78 is 7.55. The second-order valence-corrected chi connectivity index (χ2v) is 9.76. The molecule has 0 radical (unpaired) electrons. The van der Waals surface area contributed by atoms with Crippen molar-refractivity contribution in [3.05, 3.63) is 42.4 Å². The fourth-order valence-electron chi connectivity index (χ4n) is 5.10. The van der Waals surface area contributed by atoms with E-state index >= 15 is 0 Å². The van der Waals surface area contributed by atoms with E-state index in [4.69, 9.17) is 9.72 Å². The number of fused-ring (bicyclic) bond motifs is 1. The highest BCUT2D eigenvalue weighted by atomic mass is 16.5. The number of anilines is 3. The van der Waals surface area contributed by atoms with Crippen LogP contribution >= 0.6 is 0 Å². The average molecular weight is 462 g/mol. The highest BCUT2D eigenvalue weighted by Crippen LogP contribution is 2.31. The van der Waals surface area contributed by atoms with Crippen molar-refractivity contribution in [1.29, 1.82) is 0 Å². The van der Waals surface area contributed by atoms with Gasteiger partial charge in [0.15, 0.2) is 0 Å². The van der Waals surface area contributed by atoms with Gasteiger partial charge < -0.3 is 15.0 Å². The third-order valence-corrected chi connectivity index (χ3v) is 7.44. The van der Waals surface area contributed by atoms with Gasteiger partial charge in [-0.1, -0.05) is 13.5 Å². The Morgan fingerprint density at radius 3 is 2.68 bits per heavy atom. The second kappa shape index (κ2) is 9.00.